The van der Waals surface area contributed by atoms with Crippen molar-refractivity contribution in [2.45, 2.75) is 12.5 Å². The van der Waals surface area contributed by atoms with Gasteiger partial charge in [-0.15, -0.1) is 5.10 Å². The summed E-state index contributed by atoms with van der Waals surface area (Å²) in [6.45, 7) is 1.76. The minimum atomic E-state index is -0.0308. The Morgan fingerprint density at radius 2 is 2.35 bits per heavy atom. The molecule has 0 amide bonds. The lowest BCUT2D eigenvalue weighted by molar-refractivity contribution is 0.0988. The van der Waals surface area contributed by atoms with Crippen LogP contribution in [0.4, 0.5) is 0 Å². The Hall–Kier alpha value is -2.21. The largest absolute Gasteiger partial charge is 0.497 e. The number of nitrogens with one attached hydrogen (secondary N) is 1. The Balaban J connectivity index is 1.70. The van der Waals surface area contributed by atoms with Crippen molar-refractivity contribution in [1.82, 2.24) is 20.3 Å². The van der Waals surface area contributed by atoms with Gasteiger partial charge < -0.3 is 10.1 Å². The van der Waals surface area contributed by atoms with Gasteiger partial charge in [-0.3, -0.25) is 4.79 Å². The van der Waals surface area contributed by atoms with Crippen molar-refractivity contribution in [1.29, 1.82) is 0 Å². The molecule has 6 nitrogen and oxygen atoms in total. The molecule has 2 aromatic rings. The van der Waals surface area contributed by atoms with Crippen LogP contribution >= 0.6 is 0 Å². The van der Waals surface area contributed by atoms with Gasteiger partial charge in [0.05, 0.1) is 19.3 Å². The van der Waals surface area contributed by atoms with E-state index in [4.69, 9.17) is 4.74 Å². The monoisotopic (exact) mass is 272 g/mol. The van der Waals surface area contributed by atoms with Gasteiger partial charge in [-0.1, -0.05) is 17.3 Å². The van der Waals surface area contributed by atoms with E-state index in [2.05, 4.69) is 15.6 Å². The molecule has 1 aromatic carbocycles. The van der Waals surface area contributed by atoms with E-state index in [0.29, 0.717) is 18.2 Å². The van der Waals surface area contributed by atoms with Gasteiger partial charge in [-0.25, -0.2) is 4.68 Å². The molecule has 3 rings (SSSR count). The zero-order chi connectivity index (χ0) is 13.9. The lowest BCUT2D eigenvalue weighted by atomic mass is 10.1. The predicted octanol–water partition coefficient (Wildman–Crippen LogP) is 0.856. The van der Waals surface area contributed by atoms with Gasteiger partial charge in [-0.2, -0.15) is 0 Å². The standard InChI is InChI=1S/C14H16N4O2/c1-20-12-4-2-3-10(5-12)6-14(19)13-9-18(17-16-13)11-7-15-8-11/h2-5,9,11,15H,6-8H2,1H3. The van der Waals surface area contributed by atoms with E-state index in [-0.39, 0.29) is 5.78 Å². The maximum absolute atomic E-state index is 12.2. The molecular formula is C14H16N4O2. The van der Waals surface area contributed by atoms with Crippen molar-refractivity contribution in [3.05, 3.63) is 41.7 Å². The molecule has 20 heavy (non-hydrogen) atoms. The number of ether oxygens (including phenoxy) is 1. The molecule has 1 aromatic heterocycles. The van der Waals surface area contributed by atoms with Gasteiger partial charge in [0.25, 0.3) is 0 Å². The first-order valence-electron chi connectivity index (χ1n) is 6.55. The topological polar surface area (TPSA) is 69.0 Å². The van der Waals surface area contributed by atoms with Crippen LogP contribution in [0.25, 0.3) is 0 Å². The molecule has 1 fully saturated rings. The van der Waals surface area contributed by atoms with E-state index >= 15 is 0 Å². The number of hydrogen-bond donors (Lipinski definition) is 1. The second-order valence-corrected chi connectivity index (χ2v) is 4.85. The molecule has 0 spiro atoms. The van der Waals surface area contributed by atoms with Crippen LogP contribution in [0.3, 0.4) is 0 Å². The highest BCUT2D eigenvalue weighted by Crippen LogP contribution is 2.15. The van der Waals surface area contributed by atoms with Crippen molar-refractivity contribution in [2.24, 2.45) is 0 Å². The highest BCUT2D eigenvalue weighted by Gasteiger charge is 2.21. The summed E-state index contributed by atoms with van der Waals surface area (Å²) >= 11 is 0. The summed E-state index contributed by atoms with van der Waals surface area (Å²) in [5, 5.41) is 11.1. The van der Waals surface area contributed by atoms with Crippen molar-refractivity contribution in [3.8, 4) is 5.75 Å². The van der Waals surface area contributed by atoms with E-state index in [1.807, 2.05) is 24.3 Å². The number of hydrogen-bond acceptors (Lipinski definition) is 5. The Morgan fingerprint density at radius 1 is 1.50 bits per heavy atom. The van der Waals surface area contributed by atoms with Gasteiger partial charge in [0, 0.05) is 19.5 Å². The van der Waals surface area contributed by atoms with Crippen LogP contribution in [-0.2, 0) is 6.42 Å². The second-order valence-electron chi connectivity index (χ2n) is 4.85. The third-order valence-electron chi connectivity index (χ3n) is 3.43. The first kappa shape index (κ1) is 12.8. The molecule has 0 aliphatic carbocycles. The van der Waals surface area contributed by atoms with Crippen molar-refractivity contribution < 1.29 is 9.53 Å². The molecule has 2 heterocycles. The zero-order valence-electron chi connectivity index (χ0n) is 11.2. The van der Waals surface area contributed by atoms with Crippen molar-refractivity contribution in [2.75, 3.05) is 20.2 Å². The molecule has 1 aliphatic rings. The average molecular weight is 272 g/mol. The highest BCUT2D eigenvalue weighted by molar-refractivity contribution is 5.95. The maximum Gasteiger partial charge on any atom is 0.189 e. The Labute approximate surface area is 116 Å². The number of ketones is 1. The van der Waals surface area contributed by atoms with Gasteiger partial charge in [0.1, 0.15) is 11.4 Å². The van der Waals surface area contributed by atoms with Crippen molar-refractivity contribution in [3.63, 3.8) is 0 Å². The molecule has 6 heteroatoms. The van der Waals surface area contributed by atoms with E-state index in [0.717, 1.165) is 24.4 Å². The minimum Gasteiger partial charge on any atom is -0.497 e. The fourth-order valence-corrected chi connectivity index (χ4v) is 2.10. The molecule has 104 valence electrons. The van der Waals surface area contributed by atoms with Crippen LogP contribution in [0, 0.1) is 0 Å². The number of aromatic nitrogens is 3. The van der Waals surface area contributed by atoms with Crippen LogP contribution in [0.1, 0.15) is 22.1 Å². The van der Waals surface area contributed by atoms with Crippen molar-refractivity contribution >= 4 is 5.78 Å². The first-order valence-corrected chi connectivity index (χ1v) is 6.55. The summed E-state index contributed by atoms with van der Waals surface area (Å²) in [5.41, 5.74) is 1.33. The Morgan fingerprint density at radius 3 is 3.05 bits per heavy atom. The molecular weight excluding hydrogens is 256 g/mol. The van der Waals surface area contributed by atoms with Crippen LogP contribution in [-0.4, -0.2) is 41.0 Å². The van der Waals surface area contributed by atoms with Gasteiger partial charge in [-0.05, 0) is 17.7 Å². The molecule has 0 atom stereocenters. The zero-order valence-corrected chi connectivity index (χ0v) is 11.2. The number of carbonyl (C=O) groups is 1. The first-order chi connectivity index (χ1) is 9.76. The van der Waals surface area contributed by atoms with Crippen LogP contribution in [0.5, 0.6) is 5.75 Å². The molecule has 1 aliphatic heterocycles. The van der Waals surface area contributed by atoms with E-state index < -0.39 is 0 Å². The normalized spacial score (nSPS) is 14.8. The summed E-state index contributed by atoms with van der Waals surface area (Å²) in [6.07, 6.45) is 2.03. The summed E-state index contributed by atoms with van der Waals surface area (Å²) in [6, 6.07) is 7.81. The smallest absolute Gasteiger partial charge is 0.189 e. The molecule has 0 radical (unpaired) electrons. The summed E-state index contributed by atoms with van der Waals surface area (Å²) in [4.78, 5) is 12.2. The lowest BCUT2D eigenvalue weighted by Crippen LogP contribution is -2.43. The van der Waals surface area contributed by atoms with Crippen LogP contribution in [0.15, 0.2) is 30.5 Å². The summed E-state index contributed by atoms with van der Waals surface area (Å²) in [5.74, 6) is 0.719. The molecule has 1 N–H and O–H groups in total. The van der Waals surface area contributed by atoms with Gasteiger partial charge >= 0.3 is 0 Å². The predicted molar refractivity (Wildman–Crippen MR) is 73.0 cm³/mol. The highest BCUT2D eigenvalue weighted by atomic mass is 16.5. The molecule has 0 unspecified atom stereocenters. The molecule has 1 saturated heterocycles. The maximum atomic E-state index is 12.2. The number of rotatable bonds is 5. The summed E-state index contributed by atoms with van der Waals surface area (Å²) < 4.78 is 6.91. The van der Waals surface area contributed by atoms with Crippen LogP contribution < -0.4 is 10.1 Å². The number of Topliss-reactive ketones (excluding diaryl/α,β-unsaturated/α-hetero) is 1. The number of carbonyl (C=O) groups excluding carboxylic acids is 1. The van der Waals surface area contributed by atoms with E-state index in [1.165, 1.54) is 0 Å². The van der Waals surface area contributed by atoms with E-state index in [9.17, 15) is 4.79 Å². The number of methoxy groups -OCH3 is 1. The minimum absolute atomic E-state index is 0.0308. The average Bonchev–Trinajstić information content (AvgIpc) is 2.86. The quantitative estimate of drug-likeness (QED) is 0.817. The lowest BCUT2D eigenvalue weighted by Gasteiger charge is -2.26. The molecule has 0 bridgehead atoms. The van der Waals surface area contributed by atoms with E-state index in [1.54, 1.807) is 18.0 Å². The van der Waals surface area contributed by atoms with Gasteiger partial charge in [0.15, 0.2) is 5.78 Å². The number of nitrogens with zero attached hydrogens (tertiary/aromatic N) is 3. The number of benzene rings is 1. The fraction of sp³-hybridized carbons (Fsp3) is 0.357. The second kappa shape index (κ2) is 5.42. The third kappa shape index (κ3) is 2.55. The SMILES string of the molecule is COc1cccc(CC(=O)c2cn(C3CNC3)nn2)c1. The molecule has 0 saturated carbocycles. The Kier molecular flexibility index (Phi) is 3.47. The third-order valence-corrected chi connectivity index (χ3v) is 3.43. The van der Waals surface area contributed by atoms with Crippen LogP contribution in [0.2, 0.25) is 0 Å². The summed E-state index contributed by atoms with van der Waals surface area (Å²) in [7, 11) is 1.61. The Bertz CT molecular complexity index is 619. The fourth-order valence-electron chi connectivity index (χ4n) is 2.10. The van der Waals surface area contributed by atoms with Gasteiger partial charge in [0.2, 0.25) is 0 Å².